The van der Waals surface area contributed by atoms with Crippen molar-refractivity contribution in [1.82, 2.24) is 0 Å². The highest BCUT2D eigenvalue weighted by Gasteiger charge is 2.53. The lowest BCUT2D eigenvalue weighted by Crippen LogP contribution is -2.41. The van der Waals surface area contributed by atoms with Crippen molar-refractivity contribution >= 4 is 23.2 Å². The van der Waals surface area contributed by atoms with Gasteiger partial charge in [0.25, 0.3) is 0 Å². The standard InChI is InChI=1S/C20H33BO5S/c1-13(2)10-22-14-9-15(17-23-11-18(3,4)12-24-17)27-16(14)21-25-19(5,6)20(7,8)26-21/h9,13,17H,10-12H2,1-8H3. The lowest BCUT2D eigenvalue weighted by atomic mass is 9.87. The molecule has 27 heavy (non-hydrogen) atoms. The average Bonchev–Trinajstić information content (AvgIpc) is 3.04. The van der Waals surface area contributed by atoms with E-state index < -0.39 is 7.12 Å². The quantitative estimate of drug-likeness (QED) is 0.700. The van der Waals surface area contributed by atoms with E-state index in [2.05, 4.69) is 55.4 Å². The maximum absolute atomic E-state index is 6.26. The molecule has 0 aliphatic carbocycles. The molecule has 0 N–H and O–H groups in total. The van der Waals surface area contributed by atoms with E-state index in [1.54, 1.807) is 11.3 Å². The van der Waals surface area contributed by atoms with E-state index in [4.69, 9.17) is 23.5 Å². The molecule has 7 heteroatoms. The summed E-state index contributed by atoms with van der Waals surface area (Å²) in [5, 5.41) is 0. The fourth-order valence-electron chi connectivity index (χ4n) is 2.86. The van der Waals surface area contributed by atoms with Crippen LogP contribution >= 0.6 is 11.3 Å². The first-order valence-electron chi connectivity index (χ1n) is 9.75. The third-order valence-corrected chi connectivity index (χ3v) is 6.43. The predicted molar refractivity (Wildman–Crippen MR) is 109 cm³/mol. The van der Waals surface area contributed by atoms with E-state index in [1.807, 2.05) is 6.07 Å². The second kappa shape index (κ2) is 7.34. The van der Waals surface area contributed by atoms with Crippen molar-refractivity contribution in [1.29, 1.82) is 0 Å². The van der Waals surface area contributed by atoms with Crippen molar-refractivity contribution in [2.45, 2.75) is 72.9 Å². The molecule has 0 spiro atoms. The molecule has 0 amide bonds. The van der Waals surface area contributed by atoms with Crippen LogP contribution in [0.1, 0.15) is 66.6 Å². The molecular formula is C20H33BO5S. The first kappa shape index (κ1) is 21.1. The van der Waals surface area contributed by atoms with E-state index in [9.17, 15) is 0 Å². The molecule has 0 saturated carbocycles. The number of thiophene rings is 1. The molecule has 0 bridgehead atoms. The molecule has 0 radical (unpaired) electrons. The molecule has 2 aliphatic heterocycles. The molecule has 152 valence electrons. The van der Waals surface area contributed by atoms with Crippen LogP contribution in [0.15, 0.2) is 6.07 Å². The highest BCUT2D eigenvalue weighted by atomic mass is 32.1. The summed E-state index contributed by atoms with van der Waals surface area (Å²) in [6.07, 6.45) is -0.361. The highest BCUT2D eigenvalue weighted by Crippen LogP contribution is 2.40. The summed E-state index contributed by atoms with van der Waals surface area (Å²) in [4.78, 5) is 0.994. The minimum absolute atomic E-state index is 0.0410. The van der Waals surface area contributed by atoms with Crippen LogP contribution in [0.25, 0.3) is 0 Å². The largest absolute Gasteiger partial charge is 0.509 e. The first-order chi connectivity index (χ1) is 12.4. The van der Waals surface area contributed by atoms with Crippen LogP contribution in [0.5, 0.6) is 5.75 Å². The van der Waals surface area contributed by atoms with Crippen molar-refractivity contribution in [2.75, 3.05) is 19.8 Å². The monoisotopic (exact) mass is 396 g/mol. The Morgan fingerprint density at radius 1 is 1.07 bits per heavy atom. The van der Waals surface area contributed by atoms with Crippen molar-refractivity contribution < 1.29 is 23.5 Å². The Balaban J connectivity index is 1.85. The van der Waals surface area contributed by atoms with Gasteiger partial charge in [0.1, 0.15) is 5.75 Å². The normalized spacial score (nSPS) is 24.6. The van der Waals surface area contributed by atoms with Crippen LogP contribution in [0.2, 0.25) is 0 Å². The molecular weight excluding hydrogens is 363 g/mol. The zero-order valence-corrected chi connectivity index (χ0v) is 18.7. The summed E-state index contributed by atoms with van der Waals surface area (Å²) < 4.78 is 31.5. The molecule has 0 unspecified atom stereocenters. The lowest BCUT2D eigenvalue weighted by molar-refractivity contribution is -0.224. The van der Waals surface area contributed by atoms with Gasteiger partial charge < -0.3 is 23.5 Å². The van der Waals surface area contributed by atoms with E-state index in [0.717, 1.165) is 15.4 Å². The molecule has 2 aliphatic rings. The zero-order valence-electron chi connectivity index (χ0n) is 17.9. The highest BCUT2D eigenvalue weighted by molar-refractivity contribution is 7.23. The van der Waals surface area contributed by atoms with Gasteiger partial charge in [-0.1, -0.05) is 27.7 Å². The predicted octanol–water partition coefficient (Wildman–Crippen LogP) is 4.15. The summed E-state index contributed by atoms with van der Waals surface area (Å²) in [5.74, 6) is 1.24. The Bertz CT molecular complexity index is 641. The lowest BCUT2D eigenvalue weighted by Gasteiger charge is -2.34. The van der Waals surface area contributed by atoms with E-state index in [1.165, 1.54) is 0 Å². The van der Waals surface area contributed by atoms with Crippen LogP contribution in [0, 0.1) is 11.3 Å². The molecule has 0 aromatic carbocycles. The Morgan fingerprint density at radius 3 is 2.15 bits per heavy atom. The number of hydrogen-bond donors (Lipinski definition) is 0. The van der Waals surface area contributed by atoms with Gasteiger partial charge in [-0.3, -0.25) is 0 Å². The Hall–Kier alpha value is -0.595. The smallest absolute Gasteiger partial charge is 0.493 e. The number of hydrogen-bond acceptors (Lipinski definition) is 6. The van der Waals surface area contributed by atoms with Crippen molar-refractivity contribution in [2.24, 2.45) is 11.3 Å². The van der Waals surface area contributed by atoms with Gasteiger partial charge in [0.05, 0.1) is 40.7 Å². The van der Waals surface area contributed by atoms with E-state index in [0.29, 0.717) is 25.7 Å². The van der Waals surface area contributed by atoms with Gasteiger partial charge in [0, 0.05) is 5.41 Å². The molecule has 1 aromatic rings. The molecule has 3 rings (SSSR count). The molecule has 1 aromatic heterocycles. The van der Waals surface area contributed by atoms with Gasteiger partial charge in [-0.15, -0.1) is 11.3 Å². The van der Waals surface area contributed by atoms with Crippen LogP contribution < -0.4 is 9.51 Å². The minimum Gasteiger partial charge on any atom is -0.493 e. The van der Waals surface area contributed by atoms with Crippen LogP contribution in [0.4, 0.5) is 0 Å². The van der Waals surface area contributed by atoms with E-state index in [-0.39, 0.29) is 22.9 Å². The summed E-state index contributed by atoms with van der Waals surface area (Å²) in [5.41, 5.74) is -0.739. The molecule has 2 saturated heterocycles. The van der Waals surface area contributed by atoms with Crippen LogP contribution in [-0.2, 0) is 18.8 Å². The van der Waals surface area contributed by atoms with Gasteiger partial charge in [-0.05, 0) is 39.7 Å². The molecule has 3 heterocycles. The fourth-order valence-corrected chi connectivity index (χ4v) is 3.93. The first-order valence-corrected chi connectivity index (χ1v) is 10.6. The van der Waals surface area contributed by atoms with E-state index >= 15 is 0 Å². The van der Waals surface area contributed by atoms with Gasteiger partial charge in [0.2, 0.25) is 0 Å². The Morgan fingerprint density at radius 2 is 1.63 bits per heavy atom. The van der Waals surface area contributed by atoms with Crippen molar-refractivity contribution in [3.63, 3.8) is 0 Å². The third kappa shape index (κ3) is 4.53. The van der Waals surface area contributed by atoms with Gasteiger partial charge in [0.15, 0.2) is 6.29 Å². The fraction of sp³-hybridized carbons (Fsp3) is 0.800. The summed E-state index contributed by atoms with van der Waals surface area (Å²) in [6, 6.07) is 2.02. The van der Waals surface area contributed by atoms with Crippen molar-refractivity contribution in [3.8, 4) is 5.75 Å². The van der Waals surface area contributed by atoms with Gasteiger partial charge in [-0.25, -0.2) is 0 Å². The Labute approximate surface area is 167 Å². The van der Waals surface area contributed by atoms with Gasteiger partial charge >= 0.3 is 7.12 Å². The maximum Gasteiger partial charge on any atom is 0.509 e. The molecule has 0 atom stereocenters. The minimum atomic E-state index is -0.448. The average molecular weight is 396 g/mol. The summed E-state index contributed by atoms with van der Waals surface area (Å²) >= 11 is 1.59. The summed E-state index contributed by atoms with van der Waals surface area (Å²) in [6.45, 7) is 18.8. The molecule has 2 fully saturated rings. The third-order valence-electron chi connectivity index (χ3n) is 5.27. The van der Waals surface area contributed by atoms with Crippen molar-refractivity contribution in [3.05, 3.63) is 10.9 Å². The SMILES string of the molecule is CC(C)COc1cc(C2OCC(C)(C)CO2)sc1B1OC(C)(C)C(C)(C)O1. The van der Waals surface area contributed by atoms with Gasteiger partial charge in [-0.2, -0.15) is 0 Å². The second-order valence-electron chi connectivity index (χ2n) is 9.79. The Kier molecular flexibility index (Phi) is 5.74. The second-order valence-corrected chi connectivity index (χ2v) is 10.9. The molecule has 5 nitrogen and oxygen atoms in total. The topological polar surface area (TPSA) is 46.2 Å². The zero-order chi connectivity index (χ0) is 20.0. The summed E-state index contributed by atoms with van der Waals surface area (Å²) in [7, 11) is -0.448. The number of ether oxygens (including phenoxy) is 3. The number of rotatable bonds is 5. The van der Waals surface area contributed by atoms with Crippen LogP contribution in [-0.4, -0.2) is 38.1 Å². The maximum atomic E-state index is 6.26. The van der Waals surface area contributed by atoms with Crippen LogP contribution in [0.3, 0.4) is 0 Å².